The van der Waals surface area contributed by atoms with Crippen LogP contribution in [-0.4, -0.2) is 14.2 Å². The van der Waals surface area contributed by atoms with E-state index in [4.69, 9.17) is 15.2 Å². The maximum Gasteiger partial charge on any atom is 0.118 e. The highest BCUT2D eigenvalue weighted by Crippen LogP contribution is 2.35. The van der Waals surface area contributed by atoms with Crippen molar-refractivity contribution < 1.29 is 9.47 Å². The van der Waals surface area contributed by atoms with Gasteiger partial charge in [0, 0.05) is 11.3 Å². The maximum absolute atomic E-state index is 6.33. The van der Waals surface area contributed by atoms with Gasteiger partial charge in [0.2, 0.25) is 0 Å². The molecule has 3 rings (SSSR count). The van der Waals surface area contributed by atoms with Gasteiger partial charge in [0.15, 0.2) is 0 Å². The summed E-state index contributed by atoms with van der Waals surface area (Å²) >= 11 is 0. The second kappa shape index (κ2) is 6.67. The first-order chi connectivity index (χ1) is 11.6. The predicted molar refractivity (Wildman–Crippen MR) is 99.6 cm³/mol. The fourth-order valence-electron chi connectivity index (χ4n) is 2.76. The quantitative estimate of drug-likeness (QED) is 0.694. The summed E-state index contributed by atoms with van der Waals surface area (Å²) < 4.78 is 10.5. The van der Waals surface area contributed by atoms with E-state index in [0.717, 1.165) is 45.0 Å². The van der Waals surface area contributed by atoms with E-state index in [1.54, 1.807) is 14.2 Å². The zero-order chi connectivity index (χ0) is 17.1. The van der Waals surface area contributed by atoms with Gasteiger partial charge in [0.25, 0.3) is 0 Å². The van der Waals surface area contributed by atoms with Crippen molar-refractivity contribution in [2.75, 3.05) is 20.0 Å². The van der Waals surface area contributed by atoms with Crippen LogP contribution in [-0.2, 0) is 0 Å². The van der Waals surface area contributed by atoms with E-state index in [1.807, 2.05) is 43.3 Å². The molecular weight excluding hydrogens is 298 g/mol. The lowest BCUT2D eigenvalue weighted by molar-refractivity contribution is 0.415. The number of hydrogen-bond donors (Lipinski definition) is 1. The molecule has 0 unspecified atom stereocenters. The Balaban J connectivity index is 2.07. The number of nitrogen functional groups attached to an aromatic ring is 1. The molecule has 0 aliphatic heterocycles. The van der Waals surface area contributed by atoms with E-state index in [1.165, 1.54) is 0 Å². The average Bonchev–Trinajstić information content (AvgIpc) is 2.64. The Bertz CT molecular complexity index is 837. The van der Waals surface area contributed by atoms with Gasteiger partial charge in [-0.25, -0.2) is 0 Å². The maximum atomic E-state index is 6.33. The minimum absolute atomic E-state index is 0.803. The standard InChI is InChI=1S/C21H21NO2/c1-14-12-17(15-4-8-18(23-2)9-5-15)13-20(21(14)22)16-6-10-19(24-3)11-7-16/h4-13H,22H2,1-3H3. The van der Waals surface area contributed by atoms with Crippen molar-refractivity contribution in [3.8, 4) is 33.8 Å². The minimum Gasteiger partial charge on any atom is -0.497 e. The van der Waals surface area contributed by atoms with Gasteiger partial charge < -0.3 is 15.2 Å². The van der Waals surface area contributed by atoms with Crippen LogP contribution in [0.5, 0.6) is 11.5 Å². The summed E-state index contributed by atoms with van der Waals surface area (Å²) in [5, 5.41) is 0. The van der Waals surface area contributed by atoms with Gasteiger partial charge in [-0.15, -0.1) is 0 Å². The van der Waals surface area contributed by atoms with Crippen LogP contribution < -0.4 is 15.2 Å². The predicted octanol–water partition coefficient (Wildman–Crippen LogP) is 4.93. The highest BCUT2D eigenvalue weighted by atomic mass is 16.5. The van der Waals surface area contributed by atoms with Crippen molar-refractivity contribution in [3.63, 3.8) is 0 Å². The van der Waals surface area contributed by atoms with Crippen LogP contribution in [0.2, 0.25) is 0 Å². The summed E-state index contributed by atoms with van der Waals surface area (Å²) in [5.41, 5.74) is 12.6. The summed E-state index contributed by atoms with van der Waals surface area (Å²) in [6, 6.07) is 20.2. The fourth-order valence-corrected chi connectivity index (χ4v) is 2.76. The Morgan fingerprint density at radius 2 is 1.17 bits per heavy atom. The molecule has 24 heavy (non-hydrogen) atoms. The molecule has 0 bridgehead atoms. The van der Waals surface area contributed by atoms with E-state index in [9.17, 15) is 0 Å². The van der Waals surface area contributed by atoms with Crippen molar-refractivity contribution in [3.05, 3.63) is 66.2 Å². The molecule has 0 atom stereocenters. The van der Waals surface area contributed by atoms with Crippen molar-refractivity contribution >= 4 is 5.69 Å². The van der Waals surface area contributed by atoms with Crippen LogP contribution in [0.1, 0.15) is 5.56 Å². The van der Waals surface area contributed by atoms with E-state index in [2.05, 4.69) is 24.3 Å². The average molecular weight is 319 g/mol. The van der Waals surface area contributed by atoms with Crippen LogP contribution in [0, 0.1) is 6.92 Å². The summed E-state index contributed by atoms with van der Waals surface area (Å²) in [6.07, 6.45) is 0. The van der Waals surface area contributed by atoms with Crippen molar-refractivity contribution in [2.24, 2.45) is 0 Å². The van der Waals surface area contributed by atoms with Crippen molar-refractivity contribution in [2.45, 2.75) is 6.92 Å². The van der Waals surface area contributed by atoms with Gasteiger partial charge in [0.05, 0.1) is 14.2 Å². The SMILES string of the molecule is COc1ccc(-c2cc(C)c(N)c(-c3ccc(OC)cc3)c2)cc1. The number of nitrogens with two attached hydrogens (primary N) is 1. The molecule has 0 fully saturated rings. The Morgan fingerprint density at radius 3 is 1.67 bits per heavy atom. The first kappa shape index (κ1) is 15.9. The molecule has 0 saturated carbocycles. The smallest absolute Gasteiger partial charge is 0.118 e. The summed E-state index contributed by atoms with van der Waals surface area (Å²) in [6.45, 7) is 2.04. The van der Waals surface area contributed by atoms with Crippen LogP contribution in [0.3, 0.4) is 0 Å². The molecular formula is C21H21NO2. The van der Waals surface area contributed by atoms with Crippen molar-refractivity contribution in [1.29, 1.82) is 0 Å². The van der Waals surface area contributed by atoms with Crippen LogP contribution in [0.15, 0.2) is 60.7 Å². The molecule has 2 N–H and O–H groups in total. The number of benzene rings is 3. The van der Waals surface area contributed by atoms with Crippen LogP contribution in [0.25, 0.3) is 22.3 Å². The first-order valence-corrected chi connectivity index (χ1v) is 7.81. The zero-order valence-electron chi connectivity index (χ0n) is 14.2. The monoisotopic (exact) mass is 319 g/mol. The Hall–Kier alpha value is -2.94. The lowest BCUT2D eigenvalue weighted by Crippen LogP contribution is -1.95. The highest BCUT2D eigenvalue weighted by molar-refractivity contribution is 5.84. The number of methoxy groups -OCH3 is 2. The highest BCUT2D eigenvalue weighted by Gasteiger charge is 2.09. The number of aryl methyl sites for hydroxylation is 1. The second-order valence-electron chi connectivity index (χ2n) is 5.71. The van der Waals surface area contributed by atoms with Gasteiger partial charge in [-0.05, 0) is 65.6 Å². The van der Waals surface area contributed by atoms with Crippen LogP contribution >= 0.6 is 0 Å². The molecule has 3 heteroatoms. The molecule has 3 aromatic rings. The second-order valence-corrected chi connectivity index (χ2v) is 5.71. The summed E-state index contributed by atoms with van der Waals surface area (Å²) in [7, 11) is 3.34. The number of ether oxygens (including phenoxy) is 2. The largest absolute Gasteiger partial charge is 0.497 e. The molecule has 0 radical (unpaired) electrons. The molecule has 0 aliphatic rings. The Labute approximate surface area is 142 Å². The number of hydrogen-bond acceptors (Lipinski definition) is 3. The topological polar surface area (TPSA) is 44.5 Å². The van der Waals surface area contributed by atoms with E-state index >= 15 is 0 Å². The van der Waals surface area contributed by atoms with Gasteiger partial charge >= 0.3 is 0 Å². The number of anilines is 1. The zero-order valence-corrected chi connectivity index (χ0v) is 14.2. The Kier molecular flexibility index (Phi) is 4.43. The molecule has 0 saturated heterocycles. The van der Waals surface area contributed by atoms with E-state index < -0.39 is 0 Å². The molecule has 0 amide bonds. The Morgan fingerprint density at radius 1 is 0.667 bits per heavy atom. The van der Waals surface area contributed by atoms with E-state index in [-0.39, 0.29) is 0 Å². The van der Waals surface area contributed by atoms with Gasteiger partial charge in [0.1, 0.15) is 11.5 Å². The number of rotatable bonds is 4. The summed E-state index contributed by atoms with van der Waals surface area (Å²) in [4.78, 5) is 0. The lowest BCUT2D eigenvalue weighted by atomic mass is 9.94. The van der Waals surface area contributed by atoms with E-state index in [0.29, 0.717) is 0 Å². The third-order valence-corrected chi connectivity index (χ3v) is 4.21. The molecule has 0 heterocycles. The molecule has 3 nitrogen and oxygen atoms in total. The fraction of sp³-hybridized carbons (Fsp3) is 0.143. The van der Waals surface area contributed by atoms with Gasteiger partial charge in [-0.3, -0.25) is 0 Å². The van der Waals surface area contributed by atoms with Gasteiger partial charge in [-0.2, -0.15) is 0 Å². The lowest BCUT2D eigenvalue weighted by Gasteiger charge is -2.13. The molecule has 3 aromatic carbocycles. The minimum atomic E-state index is 0.803. The third kappa shape index (κ3) is 3.06. The molecule has 0 aliphatic carbocycles. The molecule has 0 spiro atoms. The molecule has 0 aromatic heterocycles. The van der Waals surface area contributed by atoms with Crippen LogP contribution in [0.4, 0.5) is 5.69 Å². The molecule has 122 valence electrons. The van der Waals surface area contributed by atoms with Gasteiger partial charge in [-0.1, -0.05) is 24.3 Å². The third-order valence-electron chi connectivity index (χ3n) is 4.21. The summed E-state index contributed by atoms with van der Waals surface area (Å²) in [5.74, 6) is 1.68. The first-order valence-electron chi connectivity index (χ1n) is 7.81. The van der Waals surface area contributed by atoms with Crippen molar-refractivity contribution in [1.82, 2.24) is 0 Å². The normalized spacial score (nSPS) is 10.5.